The van der Waals surface area contributed by atoms with Crippen LogP contribution in [-0.2, 0) is 6.42 Å². The number of ether oxygens (including phenoxy) is 1. The summed E-state index contributed by atoms with van der Waals surface area (Å²) in [7, 11) is 1.71. The van der Waals surface area contributed by atoms with Gasteiger partial charge in [0, 0.05) is 12.6 Å². The van der Waals surface area contributed by atoms with E-state index in [1.54, 1.807) is 7.11 Å². The average molecular weight is 261 g/mol. The molecule has 0 amide bonds. The van der Waals surface area contributed by atoms with Gasteiger partial charge in [0.15, 0.2) is 0 Å². The van der Waals surface area contributed by atoms with Gasteiger partial charge in [-0.1, -0.05) is 31.9 Å². The molecule has 0 bridgehead atoms. The van der Waals surface area contributed by atoms with Gasteiger partial charge in [-0.3, -0.25) is 0 Å². The van der Waals surface area contributed by atoms with E-state index in [2.05, 4.69) is 31.3 Å². The van der Waals surface area contributed by atoms with E-state index in [1.807, 2.05) is 12.1 Å². The Balaban J connectivity index is 1.78. The first-order chi connectivity index (χ1) is 9.11. The van der Waals surface area contributed by atoms with Crippen molar-refractivity contribution in [3.05, 3.63) is 29.8 Å². The topological polar surface area (TPSA) is 21.3 Å². The Labute approximate surface area is 117 Å². The van der Waals surface area contributed by atoms with Gasteiger partial charge < -0.3 is 10.1 Å². The Hall–Kier alpha value is -1.02. The smallest absolute Gasteiger partial charge is 0.118 e. The molecule has 1 aromatic rings. The van der Waals surface area contributed by atoms with Gasteiger partial charge in [-0.2, -0.15) is 0 Å². The van der Waals surface area contributed by atoms with Crippen LogP contribution in [0.2, 0.25) is 0 Å². The molecule has 1 saturated carbocycles. The highest BCUT2D eigenvalue weighted by molar-refractivity contribution is 5.27. The van der Waals surface area contributed by atoms with Crippen molar-refractivity contribution in [2.24, 2.45) is 5.41 Å². The van der Waals surface area contributed by atoms with E-state index in [9.17, 15) is 0 Å². The third-order valence-corrected chi connectivity index (χ3v) is 4.39. The zero-order valence-electron chi connectivity index (χ0n) is 12.5. The molecule has 1 unspecified atom stereocenters. The number of hydrogen-bond donors (Lipinski definition) is 1. The molecule has 0 radical (unpaired) electrons. The van der Waals surface area contributed by atoms with E-state index in [1.165, 1.54) is 31.2 Å². The van der Waals surface area contributed by atoms with Gasteiger partial charge in [0.1, 0.15) is 5.75 Å². The quantitative estimate of drug-likeness (QED) is 0.841. The van der Waals surface area contributed by atoms with Crippen molar-refractivity contribution < 1.29 is 4.74 Å². The van der Waals surface area contributed by atoms with E-state index in [0.29, 0.717) is 11.5 Å². The summed E-state index contributed by atoms with van der Waals surface area (Å²) in [5.74, 6) is 0.933. The van der Waals surface area contributed by atoms with Gasteiger partial charge in [-0.15, -0.1) is 0 Å². The first kappa shape index (κ1) is 14.4. The fraction of sp³-hybridized carbons (Fsp3) is 0.647. The summed E-state index contributed by atoms with van der Waals surface area (Å²) in [6.45, 7) is 5.86. The monoisotopic (exact) mass is 261 g/mol. The summed E-state index contributed by atoms with van der Waals surface area (Å²) in [6, 6.07) is 8.94. The summed E-state index contributed by atoms with van der Waals surface area (Å²) in [5, 5.41) is 3.71. The molecule has 106 valence electrons. The first-order valence-electron chi connectivity index (χ1n) is 7.48. The number of benzene rings is 1. The fourth-order valence-corrected chi connectivity index (χ4v) is 3.01. The van der Waals surface area contributed by atoms with Crippen LogP contribution in [0, 0.1) is 5.41 Å². The largest absolute Gasteiger partial charge is 0.497 e. The molecule has 19 heavy (non-hydrogen) atoms. The van der Waals surface area contributed by atoms with E-state index < -0.39 is 0 Å². The predicted octanol–water partition coefficient (Wildman–Crippen LogP) is 3.80. The number of rotatable bonds is 6. The van der Waals surface area contributed by atoms with Gasteiger partial charge >= 0.3 is 0 Å². The van der Waals surface area contributed by atoms with Crippen molar-refractivity contribution in [1.29, 1.82) is 0 Å². The van der Waals surface area contributed by atoms with E-state index >= 15 is 0 Å². The molecule has 1 aromatic carbocycles. The zero-order chi connectivity index (χ0) is 13.7. The van der Waals surface area contributed by atoms with Crippen LogP contribution in [0.5, 0.6) is 5.75 Å². The predicted molar refractivity (Wildman–Crippen MR) is 80.7 cm³/mol. The summed E-state index contributed by atoms with van der Waals surface area (Å²) in [4.78, 5) is 0. The van der Waals surface area contributed by atoms with Gasteiger partial charge in [0.2, 0.25) is 0 Å². The van der Waals surface area contributed by atoms with Crippen molar-refractivity contribution in [1.82, 2.24) is 5.32 Å². The highest BCUT2D eigenvalue weighted by Gasteiger charge is 2.28. The van der Waals surface area contributed by atoms with Crippen molar-refractivity contribution in [3.8, 4) is 5.75 Å². The molecule has 0 aliphatic heterocycles. The van der Waals surface area contributed by atoms with Crippen molar-refractivity contribution in [2.75, 3.05) is 13.7 Å². The molecule has 2 rings (SSSR count). The lowest BCUT2D eigenvalue weighted by molar-refractivity contribution is 0.300. The number of nitrogens with one attached hydrogen (secondary N) is 1. The standard InChI is InChI=1S/C17H27NO/c1-14(18-13-17(2)10-4-5-11-17)12-15-6-8-16(19-3)9-7-15/h6-9,14,18H,4-5,10-13H2,1-3H3. The molecule has 0 saturated heterocycles. The number of methoxy groups -OCH3 is 1. The SMILES string of the molecule is COc1ccc(CC(C)NCC2(C)CCCC2)cc1. The van der Waals surface area contributed by atoms with Gasteiger partial charge in [-0.05, 0) is 49.3 Å². The molecular weight excluding hydrogens is 234 g/mol. The lowest BCUT2D eigenvalue weighted by Gasteiger charge is -2.26. The third kappa shape index (κ3) is 4.24. The van der Waals surface area contributed by atoms with Gasteiger partial charge in [-0.25, -0.2) is 0 Å². The maximum atomic E-state index is 5.19. The Bertz CT molecular complexity index is 379. The molecule has 2 heteroatoms. The minimum Gasteiger partial charge on any atom is -0.497 e. The van der Waals surface area contributed by atoms with E-state index in [4.69, 9.17) is 4.74 Å². The minimum atomic E-state index is 0.533. The van der Waals surface area contributed by atoms with Gasteiger partial charge in [0.25, 0.3) is 0 Å². The maximum absolute atomic E-state index is 5.19. The lowest BCUT2D eigenvalue weighted by atomic mass is 9.88. The second-order valence-electron chi connectivity index (χ2n) is 6.35. The molecule has 1 aliphatic rings. The summed E-state index contributed by atoms with van der Waals surface area (Å²) in [5.41, 5.74) is 1.91. The Morgan fingerprint density at radius 2 is 1.84 bits per heavy atom. The molecule has 1 fully saturated rings. The Morgan fingerprint density at radius 1 is 1.21 bits per heavy atom. The van der Waals surface area contributed by atoms with E-state index in [0.717, 1.165) is 18.7 Å². The molecule has 1 aliphatic carbocycles. The third-order valence-electron chi connectivity index (χ3n) is 4.39. The van der Waals surface area contributed by atoms with Crippen LogP contribution in [0.25, 0.3) is 0 Å². The summed E-state index contributed by atoms with van der Waals surface area (Å²) in [6.07, 6.45) is 6.67. The normalized spacial score (nSPS) is 19.3. The van der Waals surface area contributed by atoms with Crippen LogP contribution in [0.1, 0.15) is 45.1 Å². The number of hydrogen-bond acceptors (Lipinski definition) is 2. The molecule has 1 N–H and O–H groups in total. The van der Waals surface area contributed by atoms with Crippen LogP contribution in [-0.4, -0.2) is 19.7 Å². The molecular formula is C17H27NO. The van der Waals surface area contributed by atoms with Crippen LogP contribution < -0.4 is 10.1 Å². The van der Waals surface area contributed by atoms with Crippen LogP contribution >= 0.6 is 0 Å². The van der Waals surface area contributed by atoms with Crippen LogP contribution in [0.4, 0.5) is 0 Å². The van der Waals surface area contributed by atoms with Crippen LogP contribution in [0.3, 0.4) is 0 Å². The Kier molecular flexibility index (Phi) is 4.87. The second-order valence-corrected chi connectivity index (χ2v) is 6.35. The highest BCUT2D eigenvalue weighted by atomic mass is 16.5. The Morgan fingerprint density at radius 3 is 2.42 bits per heavy atom. The van der Waals surface area contributed by atoms with Crippen LogP contribution in [0.15, 0.2) is 24.3 Å². The molecule has 0 aromatic heterocycles. The second kappa shape index (κ2) is 6.42. The average Bonchev–Trinajstić information content (AvgIpc) is 2.85. The molecule has 0 spiro atoms. The van der Waals surface area contributed by atoms with Gasteiger partial charge in [0.05, 0.1) is 7.11 Å². The van der Waals surface area contributed by atoms with Crippen molar-refractivity contribution in [2.45, 2.75) is 52.0 Å². The highest BCUT2D eigenvalue weighted by Crippen LogP contribution is 2.36. The molecule has 1 atom stereocenters. The fourth-order valence-electron chi connectivity index (χ4n) is 3.01. The lowest BCUT2D eigenvalue weighted by Crippen LogP contribution is -2.36. The van der Waals surface area contributed by atoms with E-state index in [-0.39, 0.29) is 0 Å². The maximum Gasteiger partial charge on any atom is 0.118 e. The summed E-state index contributed by atoms with van der Waals surface area (Å²) < 4.78 is 5.19. The molecule has 0 heterocycles. The minimum absolute atomic E-state index is 0.533. The molecule has 2 nitrogen and oxygen atoms in total. The summed E-state index contributed by atoms with van der Waals surface area (Å²) >= 11 is 0. The van der Waals surface area contributed by atoms with Crippen molar-refractivity contribution in [3.63, 3.8) is 0 Å². The zero-order valence-corrected chi connectivity index (χ0v) is 12.5. The first-order valence-corrected chi connectivity index (χ1v) is 7.48. The van der Waals surface area contributed by atoms with Crippen molar-refractivity contribution >= 4 is 0 Å².